The van der Waals surface area contributed by atoms with Crippen LogP contribution >= 0.6 is 0 Å². The van der Waals surface area contributed by atoms with Crippen LogP contribution in [0.1, 0.15) is 21.5 Å². The summed E-state index contributed by atoms with van der Waals surface area (Å²) in [6, 6.07) is 9.78. The predicted octanol–water partition coefficient (Wildman–Crippen LogP) is 2.35. The van der Waals surface area contributed by atoms with Gasteiger partial charge in [0, 0.05) is 18.1 Å². The summed E-state index contributed by atoms with van der Waals surface area (Å²) in [4.78, 5) is 24.1. The lowest BCUT2D eigenvalue weighted by molar-refractivity contribution is -0.142. The quantitative estimate of drug-likeness (QED) is 0.845. The molecule has 2 aromatic carbocycles. The van der Waals surface area contributed by atoms with Crippen LogP contribution in [0.5, 0.6) is 0 Å². The average molecular weight is 344 g/mol. The summed E-state index contributed by atoms with van der Waals surface area (Å²) < 4.78 is 31.1. The summed E-state index contributed by atoms with van der Waals surface area (Å²) in [5.41, 5.74) is 0.775. The number of carbonyl (C=O) groups excluding carboxylic acids is 2. The van der Waals surface area contributed by atoms with Gasteiger partial charge in [-0.3, -0.25) is 4.79 Å². The van der Waals surface area contributed by atoms with Crippen LogP contribution in [0.4, 0.5) is 8.78 Å². The lowest BCUT2D eigenvalue weighted by atomic mass is 10.0. The van der Waals surface area contributed by atoms with Crippen LogP contribution in [0.3, 0.4) is 0 Å². The van der Waals surface area contributed by atoms with Crippen LogP contribution < -0.4 is 5.32 Å². The molecule has 0 aliphatic rings. The van der Waals surface area contributed by atoms with Crippen LogP contribution in [-0.4, -0.2) is 25.0 Å². The zero-order chi connectivity index (χ0) is 18.4. The summed E-state index contributed by atoms with van der Waals surface area (Å²) in [6.07, 6.45) is 0.0612. The molecule has 0 radical (unpaired) electrons. The van der Waals surface area contributed by atoms with Gasteiger partial charge >= 0.3 is 5.97 Å². The third kappa shape index (κ3) is 4.85. The summed E-state index contributed by atoms with van der Waals surface area (Å²) in [7, 11) is 1.16. The van der Waals surface area contributed by atoms with Crippen molar-refractivity contribution in [3.8, 4) is 6.07 Å². The van der Waals surface area contributed by atoms with Gasteiger partial charge in [-0.1, -0.05) is 12.1 Å². The number of methoxy groups -OCH3 is 1. The molecule has 0 saturated heterocycles. The number of nitrogens with zero attached hydrogens (tertiary/aromatic N) is 1. The molecule has 7 heteroatoms. The van der Waals surface area contributed by atoms with Gasteiger partial charge in [-0.25, -0.2) is 13.6 Å². The number of nitrogens with one attached hydrogen (secondary N) is 1. The Morgan fingerprint density at radius 2 is 1.88 bits per heavy atom. The molecule has 0 bridgehead atoms. The Balaban J connectivity index is 2.21. The lowest BCUT2D eigenvalue weighted by Crippen LogP contribution is -2.43. The van der Waals surface area contributed by atoms with Crippen molar-refractivity contribution in [3.63, 3.8) is 0 Å². The molecule has 0 aliphatic carbocycles. The standard InChI is InChI=1S/C18H14F2N2O3/c1-25-18(24)16(6-11-3-2-4-12(5-11)10-21)22-17(23)13-7-14(19)9-15(20)8-13/h2-5,7-9,16H,6H2,1H3,(H,22,23)/t16-/m0/s1. The molecule has 1 N–H and O–H groups in total. The first-order chi connectivity index (χ1) is 11.9. The molecule has 25 heavy (non-hydrogen) atoms. The Bertz CT molecular complexity index is 826. The first-order valence-electron chi connectivity index (χ1n) is 7.26. The van der Waals surface area contributed by atoms with Crippen molar-refractivity contribution in [3.05, 3.63) is 70.8 Å². The molecular formula is C18H14F2N2O3. The molecule has 0 heterocycles. The van der Waals surface area contributed by atoms with Gasteiger partial charge in [0.1, 0.15) is 17.7 Å². The van der Waals surface area contributed by atoms with E-state index in [1.165, 1.54) is 0 Å². The highest BCUT2D eigenvalue weighted by Crippen LogP contribution is 2.11. The van der Waals surface area contributed by atoms with Crippen molar-refractivity contribution in [2.45, 2.75) is 12.5 Å². The maximum atomic E-state index is 13.2. The van der Waals surface area contributed by atoms with E-state index in [1.54, 1.807) is 24.3 Å². The third-order valence-electron chi connectivity index (χ3n) is 3.41. The van der Waals surface area contributed by atoms with Crippen LogP contribution in [0.15, 0.2) is 42.5 Å². The van der Waals surface area contributed by atoms with Crippen LogP contribution in [0, 0.1) is 23.0 Å². The number of esters is 1. The average Bonchev–Trinajstić information content (AvgIpc) is 2.59. The number of hydrogen-bond acceptors (Lipinski definition) is 4. The molecule has 0 fully saturated rings. The van der Waals surface area contributed by atoms with E-state index >= 15 is 0 Å². The fraction of sp³-hybridized carbons (Fsp3) is 0.167. The molecule has 128 valence electrons. The molecule has 0 aliphatic heterocycles. The molecular weight excluding hydrogens is 330 g/mol. The number of rotatable bonds is 5. The van der Waals surface area contributed by atoms with Gasteiger partial charge in [0.2, 0.25) is 0 Å². The summed E-state index contributed by atoms with van der Waals surface area (Å²) in [5, 5.41) is 11.3. The normalized spacial score (nSPS) is 11.3. The van der Waals surface area contributed by atoms with Crippen molar-refractivity contribution in [1.29, 1.82) is 5.26 Å². The molecule has 0 spiro atoms. The van der Waals surface area contributed by atoms with E-state index in [1.807, 2.05) is 6.07 Å². The van der Waals surface area contributed by atoms with Crippen molar-refractivity contribution < 1.29 is 23.1 Å². The van der Waals surface area contributed by atoms with E-state index in [9.17, 15) is 18.4 Å². The molecule has 1 atom stereocenters. The van der Waals surface area contributed by atoms with E-state index in [2.05, 4.69) is 10.1 Å². The Hall–Kier alpha value is -3.27. The van der Waals surface area contributed by atoms with Crippen molar-refractivity contribution in [2.24, 2.45) is 0 Å². The highest BCUT2D eigenvalue weighted by Gasteiger charge is 2.23. The highest BCUT2D eigenvalue weighted by molar-refractivity contribution is 5.96. The summed E-state index contributed by atoms with van der Waals surface area (Å²) in [5.74, 6) is -3.33. The second kappa shape index (κ2) is 8.02. The van der Waals surface area contributed by atoms with Gasteiger partial charge < -0.3 is 10.1 Å². The Labute approximate surface area is 142 Å². The van der Waals surface area contributed by atoms with Gasteiger partial charge in [0.15, 0.2) is 0 Å². The zero-order valence-corrected chi connectivity index (χ0v) is 13.3. The topological polar surface area (TPSA) is 79.2 Å². The Kier molecular flexibility index (Phi) is 5.79. The third-order valence-corrected chi connectivity index (χ3v) is 3.41. The van der Waals surface area contributed by atoms with Crippen LogP contribution in [-0.2, 0) is 16.0 Å². The molecule has 2 aromatic rings. The molecule has 2 rings (SSSR count). The Morgan fingerprint density at radius 1 is 1.20 bits per heavy atom. The number of nitriles is 1. The molecule has 0 saturated carbocycles. The van der Waals surface area contributed by atoms with Gasteiger partial charge in [0.05, 0.1) is 18.7 Å². The fourth-order valence-corrected chi connectivity index (χ4v) is 2.27. The van der Waals surface area contributed by atoms with Gasteiger partial charge in [-0.05, 0) is 29.8 Å². The maximum Gasteiger partial charge on any atom is 0.328 e. The van der Waals surface area contributed by atoms with E-state index in [4.69, 9.17) is 5.26 Å². The number of amides is 1. The maximum absolute atomic E-state index is 13.2. The van der Waals surface area contributed by atoms with E-state index in [-0.39, 0.29) is 12.0 Å². The molecule has 1 amide bonds. The zero-order valence-electron chi connectivity index (χ0n) is 13.3. The predicted molar refractivity (Wildman–Crippen MR) is 84.5 cm³/mol. The van der Waals surface area contributed by atoms with Gasteiger partial charge in [-0.2, -0.15) is 5.26 Å². The highest BCUT2D eigenvalue weighted by atomic mass is 19.1. The fourth-order valence-electron chi connectivity index (χ4n) is 2.27. The number of halogens is 2. The van der Waals surface area contributed by atoms with Crippen molar-refractivity contribution >= 4 is 11.9 Å². The monoisotopic (exact) mass is 344 g/mol. The molecule has 0 unspecified atom stereocenters. The van der Waals surface area contributed by atoms with Gasteiger partial charge in [0.25, 0.3) is 5.91 Å². The van der Waals surface area contributed by atoms with Crippen molar-refractivity contribution in [2.75, 3.05) is 7.11 Å². The molecule has 0 aromatic heterocycles. The number of carbonyl (C=O) groups is 2. The summed E-state index contributed by atoms with van der Waals surface area (Å²) in [6.45, 7) is 0. The minimum absolute atomic E-state index is 0.0612. The number of ether oxygens (including phenoxy) is 1. The van der Waals surface area contributed by atoms with E-state index < -0.39 is 29.6 Å². The van der Waals surface area contributed by atoms with Crippen LogP contribution in [0.2, 0.25) is 0 Å². The summed E-state index contributed by atoms with van der Waals surface area (Å²) >= 11 is 0. The van der Waals surface area contributed by atoms with Crippen LogP contribution in [0.25, 0.3) is 0 Å². The minimum atomic E-state index is -1.07. The lowest BCUT2D eigenvalue weighted by Gasteiger charge is -2.17. The smallest absolute Gasteiger partial charge is 0.328 e. The first-order valence-corrected chi connectivity index (χ1v) is 7.26. The van der Waals surface area contributed by atoms with Crippen molar-refractivity contribution in [1.82, 2.24) is 5.32 Å². The van der Waals surface area contributed by atoms with Gasteiger partial charge in [-0.15, -0.1) is 0 Å². The molecule has 5 nitrogen and oxygen atoms in total. The first kappa shape index (κ1) is 18.1. The Morgan fingerprint density at radius 3 is 2.48 bits per heavy atom. The SMILES string of the molecule is COC(=O)[C@H](Cc1cccc(C#N)c1)NC(=O)c1cc(F)cc(F)c1. The number of hydrogen-bond donors (Lipinski definition) is 1. The minimum Gasteiger partial charge on any atom is -0.467 e. The van der Waals surface area contributed by atoms with E-state index in [0.29, 0.717) is 17.2 Å². The second-order valence-electron chi connectivity index (χ2n) is 5.22. The largest absolute Gasteiger partial charge is 0.467 e. The number of benzene rings is 2. The second-order valence-corrected chi connectivity index (χ2v) is 5.22. The van der Waals surface area contributed by atoms with E-state index in [0.717, 1.165) is 19.2 Å².